The van der Waals surface area contributed by atoms with E-state index in [1.165, 1.54) is 0 Å². The van der Waals surface area contributed by atoms with Crippen molar-refractivity contribution in [2.24, 2.45) is 5.14 Å². The van der Waals surface area contributed by atoms with E-state index in [0.29, 0.717) is 17.5 Å². The molecule has 0 aromatic carbocycles. The first kappa shape index (κ1) is 19.5. The van der Waals surface area contributed by atoms with Gasteiger partial charge in [0.15, 0.2) is 0 Å². The van der Waals surface area contributed by atoms with Crippen LogP contribution in [0.25, 0.3) is 10.8 Å². The van der Waals surface area contributed by atoms with Gasteiger partial charge in [-0.25, -0.2) is 14.2 Å². The molecule has 142 valence electrons. The lowest BCUT2D eigenvalue weighted by atomic mass is 9.86. The second kappa shape index (κ2) is 7.06. The average Bonchev–Trinajstić information content (AvgIpc) is 3.30. The zero-order chi connectivity index (χ0) is 19.1. The summed E-state index contributed by atoms with van der Waals surface area (Å²) in [5.74, 6) is 0.765. The van der Waals surface area contributed by atoms with Gasteiger partial charge in [-0.2, -0.15) is 0 Å². The molecule has 0 spiro atoms. The molecule has 2 heterocycles. The Bertz CT molecular complexity index is 852. The predicted octanol–water partition coefficient (Wildman–Crippen LogP) is 4.50. The van der Waals surface area contributed by atoms with Crippen LogP contribution in [-0.2, 0) is 11.0 Å². The Morgan fingerprint density at radius 1 is 1.35 bits per heavy atom. The molecule has 1 aliphatic carbocycles. The van der Waals surface area contributed by atoms with Crippen LogP contribution in [0, 0.1) is 0 Å². The molecule has 2 atom stereocenters. The van der Waals surface area contributed by atoms with Crippen LogP contribution >= 0.6 is 11.6 Å². The standard InChI is InChI=1S/C19H26ClN3O2S/c1-5-12(9-18(2,3)26(21)24)14-10-23-17(25-19(4)6-7-19)15-11-22-16(20)8-13(14)15/h8,10-12H,5-7,9,21H2,1-4H3/t12-,26?/m1/s1. The molecular weight excluding hydrogens is 370 g/mol. The molecule has 26 heavy (non-hydrogen) atoms. The Balaban J connectivity index is 2.06. The van der Waals surface area contributed by atoms with Gasteiger partial charge in [0.25, 0.3) is 0 Å². The van der Waals surface area contributed by atoms with Crippen molar-refractivity contribution in [3.63, 3.8) is 0 Å². The van der Waals surface area contributed by atoms with E-state index in [2.05, 4.69) is 23.8 Å². The van der Waals surface area contributed by atoms with Crippen LogP contribution in [0.1, 0.15) is 64.9 Å². The number of nitrogens with two attached hydrogens (primary N) is 1. The van der Waals surface area contributed by atoms with E-state index >= 15 is 0 Å². The first-order valence-electron chi connectivity index (χ1n) is 8.94. The third kappa shape index (κ3) is 4.02. The molecule has 2 N–H and O–H groups in total. The highest BCUT2D eigenvalue weighted by Gasteiger charge is 2.41. The maximum atomic E-state index is 11.9. The molecule has 2 aromatic rings. The van der Waals surface area contributed by atoms with E-state index in [-0.39, 0.29) is 11.5 Å². The second-order valence-corrected chi connectivity index (χ2v) is 10.1. The maximum absolute atomic E-state index is 11.9. The number of hydrogen-bond donors (Lipinski definition) is 1. The maximum Gasteiger partial charge on any atom is 0.223 e. The van der Waals surface area contributed by atoms with E-state index in [9.17, 15) is 4.21 Å². The minimum atomic E-state index is -1.40. The quantitative estimate of drug-likeness (QED) is 0.700. The van der Waals surface area contributed by atoms with E-state index in [1.54, 1.807) is 6.20 Å². The molecule has 5 nitrogen and oxygen atoms in total. The molecule has 2 aromatic heterocycles. The molecule has 0 amide bonds. The van der Waals surface area contributed by atoms with Crippen molar-refractivity contribution in [2.75, 3.05) is 0 Å². The topological polar surface area (TPSA) is 78.1 Å². The minimum Gasteiger partial charge on any atom is -0.471 e. The summed E-state index contributed by atoms with van der Waals surface area (Å²) in [5, 5.41) is 7.99. The van der Waals surface area contributed by atoms with Crippen LogP contribution in [0.2, 0.25) is 5.15 Å². The molecule has 1 fully saturated rings. The van der Waals surface area contributed by atoms with E-state index < -0.39 is 15.7 Å². The highest BCUT2D eigenvalue weighted by atomic mass is 35.5. The summed E-state index contributed by atoms with van der Waals surface area (Å²) in [6.07, 6.45) is 7.24. The number of hydrogen-bond acceptors (Lipinski definition) is 4. The Morgan fingerprint density at radius 3 is 2.62 bits per heavy atom. The zero-order valence-electron chi connectivity index (χ0n) is 15.7. The van der Waals surface area contributed by atoms with Gasteiger partial charge in [0.1, 0.15) is 10.8 Å². The van der Waals surface area contributed by atoms with Gasteiger partial charge in [-0.15, -0.1) is 0 Å². The van der Waals surface area contributed by atoms with Crippen molar-refractivity contribution in [2.45, 2.75) is 69.6 Å². The molecule has 0 aliphatic heterocycles. The van der Waals surface area contributed by atoms with Gasteiger partial charge < -0.3 is 4.74 Å². The van der Waals surface area contributed by atoms with E-state index in [0.717, 1.165) is 35.6 Å². The van der Waals surface area contributed by atoms with Crippen molar-refractivity contribution in [1.82, 2.24) is 9.97 Å². The molecule has 1 saturated carbocycles. The van der Waals surface area contributed by atoms with Crippen LogP contribution in [0.3, 0.4) is 0 Å². The third-order valence-electron chi connectivity index (χ3n) is 5.25. The summed E-state index contributed by atoms with van der Waals surface area (Å²) in [5.41, 5.74) is 0.947. The van der Waals surface area contributed by atoms with Crippen molar-refractivity contribution in [3.05, 3.63) is 29.2 Å². The first-order valence-corrected chi connectivity index (χ1v) is 10.5. The van der Waals surface area contributed by atoms with Gasteiger partial charge in [0, 0.05) is 12.4 Å². The van der Waals surface area contributed by atoms with E-state index in [1.807, 2.05) is 26.1 Å². The van der Waals surface area contributed by atoms with Crippen LogP contribution in [0.4, 0.5) is 0 Å². The fourth-order valence-electron chi connectivity index (χ4n) is 3.17. The smallest absolute Gasteiger partial charge is 0.223 e. The Labute approximate surface area is 162 Å². The van der Waals surface area contributed by atoms with Crippen LogP contribution in [0.15, 0.2) is 18.5 Å². The lowest BCUT2D eigenvalue weighted by molar-refractivity contribution is 0.194. The minimum absolute atomic E-state index is 0.121. The molecule has 0 saturated heterocycles. The largest absolute Gasteiger partial charge is 0.471 e. The fraction of sp³-hybridized carbons (Fsp3) is 0.579. The third-order valence-corrected chi connectivity index (χ3v) is 6.71. The predicted molar refractivity (Wildman–Crippen MR) is 107 cm³/mol. The highest BCUT2D eigenvalue weighted by Crippen LogP contribution is 2.42. The van der Waals surface area contributed by atoms with E-state index in [4.69, 9.17) is 21.5 Å². The monoisotopic (exact) mass is 395 g/mol. The van der Waals surface area contributed by atoms with Crippen molar-refractivity contribution < 1.29 is 8.95 Å². The number of fused-ring (bicyclic) bond motifs is 1. The van der Waals surface area contributed by atoms with Gasteiger partial charge in [0.05, 0.1) is 21.1 Å². The SMILES string of the molecule is CC[C@H](CC(C)(C)S(N)=O)c1cnc(OC2(C)CC2)c2cnc(Cl)cc12. The molecule has 3 rings (SSSR count). The molecule has 1 unspecified atom stereocenters. The van der Waals surface area contributed by atoms with Crippen LogP contribution in [0.5, 0.6) is 5.88 Å². The second-order valence-electron chi connectivity index (χ2n) is 7.99. The lowest BCUT2D eigenvalue weighted by Crippen LogP contribution is -2.33. The summed E-state index contributed by atoms with van der Waals surface area (Å²) < 4.78 is 17.5. The van der Waals surface area contributed by atoms with Gasteiger partial charge in [-0.1, -0.05) is 18.5 Å². The molecule has 1 aliphatic rings. The van der Waals surface area contributed by atoms with Gasteiger partial charge in [0.2, 0.25) is 5.88 Å². The first-order chi connectivity index (χ1) is 12.1. The fourth-order valence-corrected chi connectivity index (χ4v) is 3.70. The van der Waals surface area contributed by atoms with Gasteiger partial charge >= 0.3 is 0 Å². The molecule has 0 radical (unpaired) electrons. The highest BCUT2D eigenvalue weighted by molar-refractivity contribution is 7.84. The number of aromatic nitrogens is 2. The molecular formula is C19H26ClN3O2S. The van der Waals surface area contributed by atoms with Crippen molar-refractivity contribution >= 4 is 33.4 Å². The number of pyridine rings is 2. The summed E-state index contributed by atoms with van der Waals surface area (Å²) in [7, 11) is -1.40. The number of nitrogens with zero attached hydrogens (tertiary/aromatic N) is 2. The Morgan fingerprint density at radius 2 is 2.04 bits per heavy atom. The Kier molecular flexibility index (Phi) is 5.30. The number of rotatable bonds is 7. The summed E-state index contributed by atoms with van der Waals surface area (Å²) in [6, 6.07) is 1.87. The van der Waals surface area contributed by atoms with Crippen molar-refractivity contribution in [3.8, 4) is 5.88 Å². The van der Waals surface area contributed by atoms with Gasteiger partial charge in [-0.3, -0.25) is 5.14 Å². The number of halogens is 1. The van der Waals surface area contributed by atoms with Crippen LogP contribution < -0.4 is 9.88 Å². The average molecular weight is 396 g/mol. The van der Waals surface area contributed by atoms with Crippen molar-refractivity contribution in [1.29, 1.82) is 0 Å². The molecule has 7 heteroatoms. The molecule has 0 bridgehead atoms. The summed E-state index contributed by atoms with van der Waals surface area (Å²) in [6.45, 7) is 8.07. The summed E-state index contributed by atoms with van der Waals surface area (Å²) >= 11 is 6.18. The lowest BCUT2D eigenvalue weighted by Gasteiger charge is -2.28. The van der Waals surface area contributed by atoms with Crippen LogP contribution in [-0.4, -0.2) is 24.5 Å². The number of ether oxygens (including phenoxy) is 1. The normalized spacial score (nSPS) is 18.5. The Hall–Kier alpha value is -1.24. The van der Waals surface area contributed by atoms with Gasteiger partial charge in [-0.05, 0) is 69.4 Å². The summed E-state index contributed by atoms with van der Waals surface area (Å²) in [4.78, 5) is 8.82. The zero-order valence-corrected chi connectivity index (χ0v) is 17.3.